The van der Waals surface area contributed by atoms with E-state index in [1.807, 2.05) is 0 Å². The largest absolute Gasteiger partial charge is 0.508 e. The van der Waals surface area contributed by atoms with Gasteiger partial charge in [-0.2, -0.15) is 9.97 Å². The first-order valence-corrected chi connectivity index (χ1v) is 16.3. The lowest BCUT2D eigenvalue weighted by atomic mass is 9.92. The van der Waals surface area contributed by atoms with Gasteiger partial charge in [-0.15, -0.1) is 6.42 Å². The van der Waals surface area contributed by atoms with Crippen LogP contribution in [-0.4, -0.2) is 69.9 Å². The molecule has 248 valence electrons. The molecule has 4 aliphatic rings. The molecule has 0 amide bonds. The lowest BCUT2D eigenvalue weighted by Crippen LogP contribution is -2.59. The monoisotopic (exact) mass is 678 g/mol. The number of aromatic nitrogens is 2. The van der Waals surface area contributed by atoms with E-state index in [9.17, 15) is 9.50 Å². The van der Waals surface area contributed by atoms with Crippen LogP contribution in [0.1, 0.15) is 57.7 Å². The number of aromatic hydroxyl groups is 1. The maximum atomic E-state index is 17.3. The molecule has 0 unspecified atom stereocenters. The third kappa shape index (κ3) is 4.89. The molecule has 4 saturated heterocycles. The number of benzene rings is 3. The lowest BCUT2D eigenvalue weighted by Gasteiger charge is -2.42. The first kappa shape index (κ1) is 25.9. The smallest absolute Gasteiger partial charge is 0.319 e. The van der Waals surface area contributed by atoms with E-state index in [0.717, 1.165) is 25.5 Å². The van der Waals surface area contributed by atoms with Gasteiger partial charge in [0.25, 0.3) is 0 Å². The molecule has 11 heteroatoms. The predicted molar refractivity (Wildman–Crippen MR) is 181 cm³/mol. The number of phenolic OH excluding ortho intramolecular Hbond substituents is 1. The van der Waals surface area contributed by atoms with Gasteiger partial charge in [0.2, 0.25) is 0 Å². The zero-order chi connectivity index (χ0) is 37.7. The molecule has 3 aromatic carbocycles. The van der Waals surface area contributed by atoms with E-state index in [2.05, 4.69) is 21.1 Å². The molecule has 2 bridgehead atoms. The number of terminal acetylenes is 1. The standard InChI is InChI=1S/C37H35ClF3N5O2/c1-3-25-29(40)7-6-22-12-24(47)13-26(30(22)25)31-28(38)14-27-33(32(31)41)42-35(48-20-37-9-5-11-46(37)17-21(15-37)16-39)43-34(27)45-18-23-8-10-36(4-2,19-45)44-23/h1,6-7,12-14,16,23,44,47H,4-5,8-11,15,17-20H2,2H3/b21-16-/t23-,36+,37-/m0/s1/i2D3,4D2. The molecular weight excluding hydrogens is 639 g/mol. The zero-order valence-electron chi connectivity index (χ0n) is 30.8. The Morgan fingerprint density at radius 3 is 2.98 bits per heavy atom. The van der Waals surface area contributed by atoms with Crippen LogP contribution in [-0.2, 0) is 0 Å². The van der Waals surface area contributed by atoms with E-state index < -0.39 is 35.9 Å². The number of hydrogen-bond donors (Lipinski definition) is 2. The number of ether oxygens (including phenoxy) is 1. The average Bonchev–Trinajstić information content (AvgIpc) is 3.76. The number of fused-ring (bicyclic) bond motifs is 5. The van der Waals surface area contributed by atoms with Crippen LogP contribution in [0, 0.1) is 24.0 Å². The van der Waals surface area contributed by atoms with Crippen LogP contribution < -0.4 is 15.0 Å². The van der Waals surface area contributed by atoms with Crippen LogP contribution in [0.2, 0.25) is 5.02 Å². The number of phenols is 1. The summed E-state index contributed by atoms with van der Waals surface area (Å²) in [5.41, 5.74) is -1.90. The van der Waals surface area contributed by atoms with Crippen molar-refractivity contribution in [1.82, 2.24) is 20.2 Å². The van der Waals surface area contributed by atoms with Crippen LogP contribution in [0.4, 0.5) is 19.0 Å². The minimum atomic E-state index is -2.95. The Morgan fingerprint density at radius 2 is 2.17 bits per heavy atom. The van der Waals surface area contributed by atoms with Crippen molar-refractivity contribution in [2.45, 2.75) is 62.4 Å². The maximum Gasteiger partial charge on any atom is 0.319 e. The van der Waals surface area contributed by atoms with Gasteiger partial charge in [-0.1, -0.05) is 30.4 Å². The molecule has 48 heavy (non-hydrogen) atoms. The molecule has 3 atom stereocenters. The van der Waals surface area contributed by atoms with Gasteiger partial charge >= 0.3 is 6.01 Å². The summed E-state index contributed by atoms with van der Waals surface area (Å²) in [5, 5.41) is 14.4. The Hall–Kier alpha value is -4.04. The van der Waals surface area contributed by atoms with Crippen molar-refractivity contribution in [2.24, 2.45) is 0 Å². The van der Waals surface area contributed by atoms with Gasteiger partial charge in [0.1, 0.15) is 29.5 Å². The number of rotatable bonds is 6. The van der Waals surface area contributed by atoms with Crippen molar-refractivity contribution in [1.29, 1.82) is 0 Å². The lowest BCUT2D eigenvalue weighted by molar-refractivity contribution is 0.108. The summed E-state index contributed by atoms with van der Waals surface area (Å²) in [6, 6.07) is 6.14. The second-order valence-electron chi connectivity index (χ2n) is 13.4. The van der Waals surface area contributed by atoms with Gasteiger partial charge in [-0.3, -0.25) is 4.90 Å². The Kier molecular flexibility index (Phi) is 6.23. The first-order chi connectivity index (χ1) is 25.1. The molecule has 0 saturated carbocycles. The fourth-order valence-electron chi connectivity index (χ4n) is 8.30. The molecule has 2 N–H and O–H groups in total. The highest BCUT2D eigenvalue weighted by Gasteiger charge is 2.48. The van der Waals surface area contributed by atoms with Crippen LogP contribution in [0.5, 0.6) is 11.8 Å². The minimum absolute atomic E-state index is 0.0292. The van der Waals surface area contributed by atoms with Crippen molar-refractivity contribution < 1.29 is 29.9 Å². The van der Waals surface area contributed by atoms with Gasteiger partial charge in [-0.25, -0.2) is 13.2 Å². The summed E-state index contributed by atoms with van der Waals surface area (Å²) in [6.07, 6.45) is 6.51. The summed E-state index contributed by atoms with van der Waals surface area (Å²) < 4.78 is 93.9. The molecular formula is C37H35ClF3N5O2. The van der Waals surface area contributed by atoms with Gasteiger partial charge in [0.05, 0.1) is 22.5 Å². The average molecular weight is 679 g/mol. The normalized spacial score (nSPS) is 28.2. The van der Waals surface area contributed by atoms with E-state index in [1.54, 1.807) is 4.90 Å². The van der Waals surface area contributed by atoms with Gasteiger partial charge in [0, 0.05) is 54.4 Å². The quantitative estimate of drug-likeness (QED) is 0.208. The van der Waals surface area contributed by atoms with E-state index in [0.29, 0.717) is 36.7 Å². The summed E-state index contributed by atoms with van der Waals surface area (Å²) in [6.45, 7) is -1.48. The van der Waals surface area contributed by atoms with E-state index >= 15 is 8.78 Å². The van der Waals surface area contributed by atoms with Crippen LogP contribution >= 0.6 is 11.6 Å². The first-order valence-electron chi connectivity index (χ1n) is 18.4. The number of piperazine rings is 1. The van der Waals surface area contributed by atoms with Crippen LogP contribution in [0.25, 0.3) is 32.8 Å². The second-order valence-corrected chi connectivity index (χ2v) is 13.8. The Morgan fingerprint density at radius 1 is 1.29 bits per heavy atom. The second kappa shape index (κ2) is 11.5. The highest BCUT2D eigenvalue weighted by atomic mass is 35.5. The van der Waals surface area contributed by atoms with E-state index in [1.165, 1.54) is 24.3 Å². The van der Waals surface area contributed by atoms with Crippen molar-refractivity contribution >= 4 is 39.1 Å². The Balaban J connectivity index is 1.31. The fourth-order valence-corrected chi connectivity index (χ4v) is 8.59. The Bertz CT molecular complexity index is 2270. The van der Waals surface area contributed by atoms with Gasteiger partial charge in [-0.05, 0) is 85.8 Å². The molecule has 5 heterocycles. The molecule has 0 spiro atoms. The third-order valence-corrected chi connectivity index (χ3v) is 10.8. The molecule has 4 aromatic rings. The molecule has 0 radical (unpaired) electrons. The summed E-state index contributed by atoms with van der Waals surface area (Å²) in [5.74, 6) is 0.590. The summed E-state index contributed by atoms with van der Waals surface area (Å²) in [4.78, 5) is 13.2. The maximum absolute atomic E-state index is 17.3. The molecule has 0 aliphatic carbocycles. The van der Waals surface area contributed by atoms with Crippen molar-refractivity contribution in [2.75, 3.05) is 37.7 Å². The van der Waals surface area contributed by atoms with E-state index in [4.69, 9.17) is 34.6 Å². The van der Waals surface area contributed by atoms with Crippen molar-refractivity contribution in [3.05, 3.63) is 64.5 Å². The van der Waals surface area contributed by atoms with Crippen LogP contribution in [0.3, 0.4) is 0 Å². The number of nitrogens with one attached hydrogen (secondary N) is 1. The molecule has 4 aliphatic heterocycles. The predicted octanol–water partition coefficient (Wildman–Crippen LogP) is 7.26. The SMILES string of the molecule is [2H]C([2H])([2H])C([2H])([2H])[C@@]12CC[C@@H](CN(c3nc(OC[C@@]45CCCN4C/C(=C\F)C5)nc4c(F)c(-c5cc(O)cc6ccc(F)c(C#C)c56)c(Cl)cc34)C1)N2. The number of anilines is 1. The number of nitrogens with zero attached hydrogens (tertiary/aromatic N) is 4. The molecule has 1 aromatic heterocycles. The summed E-state index contributed by atoms with van der Waals surface area (Å²) in [7, 11) is 0. The Labute approximate surface area is 288 Å². The number of halogens is 4. The van der Waals surface area contributed by atoms with Gasteiger partial charge in [0.15, 0.2) is 5.82 Å². The van der Waals surface area contributed by atoms with Gasteiger partial charge < -0.3 is 20.1 Å². The number of hydrogen-bond acceptors (Lipinski definition) is 7. The summed E-state index contributed by atoms with van der Waals surface area (Å²) >= 11 is 6.89. The van der Waals surface area contributed by atoms with E-state index in [-0.39, 0.29) is 87.7 Å². The highest BCUT2D eigenvalue weighted by molar-refractivity contribution is 6.35. The molecule has 8 rings (SSSR count). The van der Waals surface area contributed by atoms with Crippen molar-refractivity contribution in [3.63, 3.8) is 0 Å². The minimum Gasteiger partial charge on any atom is -0.508 e. The topological polar surface area (TPSA) is 73.8 Å². The zero-order valence-corrected chi connectivity index (χ0v) is 26.6. The van der Waals surface area contributed by atoms with Crippen LogP contribution in [0.15, 0.2) is 42.2 Å². The third-order valence-electron chi connectivity index (χ3n) is 10.5. The molecule has 7 nitrogen and oxygen atoms in total. The van der Waals surface area contributed by atoms with Crippen molar-refractivity contribution in [3.8, 4) is 35.2 Å². The fraction of sp³-hybridized carbons (Fsp3) is 0.405. The molecule has 4 fully saturated rings. The highest BCUT2D eigenvalue weighted by Crippen LogP contribution is 2.46.